The first-order chi connectivity index (χ1) is 9.76. The standard InChI is InChI=1S/C14H20N6/c1-4-20(5-2)14-18-12(17-13(15-3)19-14)9-11-7-6-8-16-10-11/h6-8,10H,4-5,9H2,1-3H3,(H,15,17,18,19). The van der Waals surface area contributed by atoms with Crippen molar-refractivity contribution in [1.29, 1.82) is 0 Å². The zero-order valence-corrected chi connectivity index (χ0v) is 12.2. The molecule has 0 aromatic carbocycles. The maximum absolute atomic E-state index is 4.55. The maximum atomic E-state index is 4.55. The highest BCUT2D eigenvalue weighted by Crippen LogP contribution is 2.12. The number of nitrogens with one attached hydrogen (secondary N) is 1. The quantitative estimate of drug-likeness (QED) is 0.864. The van der Waals surface area contributed by atoms with Crippen LogP contribution >= 0.6 is 0 Å². The van der Waals surface area contributed by atoms with Crippen molar-refractivity contribution >= 4 is 11.9 Å². The van der Waals surface area contributed by atoms with Gasteiger partial charge >= 0.3 is 0 Å². The van der Waals surface area contributed by atoms with E-state index in [0.29, 0.717) is 18.3 Å². The molecule has 0 amide bonds. The molecule has 0 atom stereocenters. The predicted octanol–water partition coefficient (Wildman–Crippen LogP) is 1.75. The van der Waals surface area contributed by atoms with Crippen molar-refractivity contribution in [2.45, 2.75) is 20.3 Å². The molecule has 0 fully saturated rings. The molecule has 2 aromatic heterocycles. The zero-order valence-electron chi connectivity index (χ0n) is 12.2. The van der Waals surface area contributed by atoms with Crippen molar-refractivity contribution in [1.82, 2.24) is 19.9 Å². The fourth-order valence-corrected chi connectivity index (χ4v) is 1.93. The molecule has 2 heterocycles. The molecule has 20 heavy (non-hydrogen) atoms. The van der Waals surface area contributed by atoms with Gasteiger partial charge in [-0.05, 0) is 25.5 Å². The Kier molecular flexibility index (Phi) is 4.81. The molecule has 6 heteroatoms. The van der Waals surface area contributed by atoms with Crippen molar-refractivity contribution in [2.24, 2.45) is 0 Å². The molecule has 106 valence electrons. The van der Waals surface area contributed by atoms with Crippen LogP contribution in [0.25, 0.3) is 0 Å². The van der Waals surface area contributed by atoms with Gasteiger partial charge in [-0.25, -0.2) is 0 Å². The second-order valence-electron chi connectivity index (χ2n) is 4.34. The van der Waals surface area contributed by atoms with Crippen molar-refractivity contribution in [3.8, 4) is 0 Å². The first-order valence-electron chi connectivity index (χ1n) is 6.83. The Balaban J connectivity index is 2.30. The van der Waals surface area contributed by atoms with Gasteiger partial charge in [-0.2, -0.15) is 15.0 Å². The van der Waals surface area contributed by atoms with E-state index in [9.17, 15) is 0 Å². The molecule has 0 saturated heterocycles. The lowest BCUT2D eigenvalue weighted by molar-refractivity contribution is 0.795. The van der Waals surface area contributed by atoms with E-state index in [-0.39, 0.29) is 0 Å². The Labute approximate surface area is 119 Å². The van der Waals surface area contributed by atoms with Crippen molar-refractivity contribution in [3.63, 3.8) is 0 Å². The first-order valence-corrected chi connectivity index (χ1v) is 6.83. The van der Waals surface area contributed by atoms with Crippen LogP contribution < -0.4 is 10.2 Å². The van der Waals surface area contributed by atoms with Gasteiger partial charge in [0.1, 0.15) is 5.82 Å². The van der Waals surface area contributed by atoms with Crippen LogP contribution in [0.1, 0.15) is 25.2 Å². The summed E-state index contributed by atoms with van der Waals surface area (Å²) in [6.45, 7) is 5.92. The van der Waals surface area contributed by atoms with Crippen molar-refractivity contribution in [2.75, 3.05) is 30.4 Å². The summed E-state index contributed by atoms with van der Waals surface area (Å²) in [7, 11) is 1.81. The number of nitrogens with zero attached hydrogens (tertiary/aromatic N) is 5. The number of aromatic nitrogens is 4. The number of rotatable bonds is 6. The van der Waals surface area contributed by atoms with Crippen LogP contribution in [0.4, 0.5) is 11.9 Å². The van der Waals surface area contributed by atoms with Crippen LogP contribution in [0.3, 0.4) is 0 Å². The third-order valence-corrected chi connectivity index (χ3v) is 3.02. The summed E-state index contributed by atoms with van der Waals surface area (Å²) in [4.78, 5) is 19.6. The number of anilines is 2. The van der Waals surface area contributed by atoms with Gasteiger partial charge in [0.25, 0.3) is 0 Å². The summed E-state index contributed by atoms with van der Waals surface area (Å²) in [5.41, 5.74) is 1.09. The van der Waals surface area contributed by atoms with Gasteiger partial charge in [-0.1, -0.05) is 6.07 Å². The van der Waals surface area contributed by atoms with E-state index in [0.717, 1.165) is 24.5 Å². The molecule has 0 radical (unpaired) electrons. The van der Waals surface area contributed by atoms with E-state index >= 15 is 0 Å². The molecule has 1 N–H and O–H groups in total. The van der Waals surface area contributed by atoms with E-state index < -0.39 is 0 Å². The molecule has 0 unspecified atom stereocenters. The summed E-state index contributed by atoms with van der Waals surface area (Å²) < 4.78 is 0. The summed E-state index contributed by atoms with van der Waals surface area (Å²) in [6.07, 6.45) is 4.25. The third-order valence-electron chi connectivity index (χ3n) is 3.02. The first kappa shape index (κ1) is 14.2. The molecular weight excluding hydrogens is 252 g/mol. The fraction of sp³-hybridized carbons (Fsp3) is 0.429. The van der Waals surface area contributed by atoms with E-state index in [2.05, 4.69) is 44.0 Å². The molecule has 0 spiro atoms. The highest BCUT2D eigenvalue weighted by molar-refractivity contribution is 5.37. The van der Waals surface area contributed by atoms with E-state index in [4.69, 9.17) is 0 Å². The Bertz CT molecular complexity index is 539. The average Bonchev–Trinajstić information content (AvgIpc) is 2.49. The SMILES string of the molecule is CCN(CC)c1nc(Cc2cccnc2)nc(NC)n1. The second-order valence-corrected chi connectivity index (χ2v) is 4.34. The van der Waals surface area contributed by atoms with Gasteiger partial charge in [-0.15, -0.1) is 0 Å². The zero-order chi connectivity index (χ0) is 14.4. The minimum atomic E-state index is 0.598. The van der Waals surface area contributed by atoms with Gasteiger partial charge in [0.15, 0.2) is 0 Å². The smallest absolute Gasteiger partial charge is 0.230 e. The van der Waals surface area contributed by atoms with Crippen LogP contribution in [0.15, 0.2) is 24.5 Å². The minimum absolute atomic E-state index is 0.598. The van der Waals surface area contributed by atoms with Crippen LogP contribution in [0.2, 0.25) is 0 Å². The van der Waals surface area contributed by atoms with Crippen LogP contribution in [0, 0.1) is 0 Å². The molecule has 6 nitrogen and oxygen atoms in total. The number of pyridine rings is 1. The van der Waals surface area contributed by atoms with Gasteiger partial charge < -0.3 is 10.2 Å². The number of hydrogen-bond donors (Lipinski definition) is 1. The largest absolute Gasteiger partial charge is 0.357 e. The Hall–Kier alpha value is -2.24. The van der Waals surface area contributed by atoms with E-state index in [1.807, 2.05) is 25.4 Å². The normalized spacial score (nSPS) is 10.3. The molecule has 0 aliphatic rings. The Morgan fingerprint density at radius 2 is 1.95 bits per heavy atom. The number of hydrogen-bond acceptors (Lipinski definition) is 6. The molecule has 0 bridgehead atoms. The monoisotopic (exact) mass is 272 g/mol. The second kappa shape index (κ2) is 6.79. The highest BCUT2D eigenvalue weighted by atomic mass is 15.3. The van der Waals surface area contributed by atoms with Crippen molar-refractivity contribution in [3.05, 3.63) is 35.9 Å². The lowest BCUT2D eigenvalue weighted by Crippen LogP contribution is -2.25. The molecule has 0 aliphatic carbocycles. The van der Waals surface area contributed by atoms with Crippen LogP contribution in [-0.4, -0.2) is 40.1 Å². The molecule has 2 rings (SSSR count). The minimum Gasteiger partial charge on any atom is -0.357 e. The maximum Gasteiger partial charge on any atom is 0.230 e. The van der Waals surface area contributed by atoms with Crippen LogP contribution in [0.5, 0.6) is 0 Å². The van der Waals surface area contributed by atoms with Gasteiger partial charge in [0.05, 0.1) is 0 Å². The van der Waals surface area contributed by atoms with Crippen molar-refractivity contribution < 1.29 is 0 Å². The summed E-state index contributed by atoms with van der Waals surface area (Å²) in [5.74, 6) is 2.06. The lowest BCUT2D eigenvalue weighted by Gasteiger charge is -2.19. The average molecular weight is 272 g/mol. The molecule has 0 aliphatic heterocycles. The lowest BCUT2D eigenvalue weighted by atomic mass is 10.2. The van der Waals surface area contributed by atoms with Gasteiger partial charge in [0.2, 0.25) is 11.9 Å². The van der Waals surface area contributed by atoms with Crippen LogP contribution in [-0.2, 0) is 6.42 Å². The summed E-state index contributed by atoms with van der Waals surface area (Å²) >= 11 is 0. The molecule has 2 aromatic rings. The van der Waals surface area contributed by atoms with Gasteiger partial charge in [0, 0.05) is 39.0 Å². The Morgan fingerprint density at radius 3 is 2.55 bits per heavy atom. The topological polar surface area (TPSA) is 66.8 Å². The fourth-order valence-electron chi connectivity index (χ4n) is 1.93. The van der Waals surface area contributed by atoms with E-state index in [1.54, 1.807) is 6.20 Å². The molecular formula is C14H20N6. The van der Waals surface area contributed by atoms with E-state index in [1.165, 1.54) is 0 Å². The predicted molar refractivity (Wildman–Crippen MR) is 80.0 cm³/mol. The molecule has 0 saturated carbocycles. The summed E-state index contributed by atoms with van der Waals surface area (Å²) in [6, 6.07) is 3.94. The third kappa shape index (κ3) is 3.40. The Morgan fingerprint density at radius 1 is 1.15 bits per heavy atom. The van der Waals surface area contributed by atoms with Gasteiger partial charge in [-0.3, -0.25) is 4.98 Å². The highest BCUT2D eigenvalue weighted by Gasteiger charge is 2.10. The summed E-state index contributed by atoms with van der Waals surface area (Å²) in [5, 5.41) is 2.99.